The topological polar surface area (TPSA) is 78.4 Å². The zero-order valence-corrected chi connectivity index (χ0v) is 13.7. The monoisotopic (exact) mass is 327 g/mol. The Labute approximate surface area is 139 Å². The van der Waals surface area contributed by atoms with Gasteiger partial charge in [0, 0.05) is 12.0 Å². The summed E-state index contributed by atoms with van der Waals surface area (Å²) in [6.07, 6.45) is 0. The van der Waals surface area contributed by atoms with Crippen molar-refractivity contribution in [2.24, 2.45) is 0 Å². The average Bonchev–Trinajstić information content (AvgIpc) is 3.01. The van der Waals surface area contributed by atoms with Crippen LogP contribution in [0, 0.1) is 0 Å². The Morgan fingerprint density at radius 3 is 2.79 bits per heavy atom. The van der Waals surface area contributed by atoms with Gasteiger partial charge in [0.25, 0.3) is 0 Å². The maximum Gasteiger partial charge on any atom is 0.154 e. The van der Waals surface area contributed by atoms with E-state index in [0.717, 1.165) is 40.9 Å². The van der Waals surface area contributed by atoms with E-state index in [1.165, 1.54) is 0 Å². The van der Waals surface area contributed by atoms with Gasteiger partial charge in [-0.05, 0) is 13.0 Å². The predicted molar refractivity (Wildman–Crippen MR) is 93.5 cm³/mol. The van der Waals surface area contributed by atoms with Gasteiger partial charge in [-0.15, -0.1) is 0 Å². The molecule has 0 unspecified atom stereocenters. The Morgan fingerprint density at radius 1 is 1.21 bits per heavy atom. The van der Waals surface area contributed by atoms with E-state index in [-0.39, 0.29) is 0 Å². The number of imidazole rings is 1. The summed E-state index contributed by atoms with van der Waals surface area (Å²) in [6.45, 7) is 6.07. The number of nitrogens with two attached hydrogens (primary N) is 1. The lowest BCUT2D eigenvalue weighted by Crippen LogP contribution is -2.44. The summed E-state index contributed by atoms with van der Waals surface area (Å²) < 4.78 is 13.3. The van der Waals surface area contributed by atoms with Crippen LogP contribution in [0.5, 0.6) is 0 Å². The molecule has 1 aliphatic heterocycles. The standard InChI is InChI=1S/C17H21N5O2/c1-2-23-11-14-20-15-16(22(14)21-7-9-24-10-8-21)12-5-3-4-6-13(12)19-17(15)18/h3-6H,2,7-11H2,1H3,(H2,18,19). The van der Waals surface area contributed by atoms with Crippen LogP contribution in [-0.2, 0) is 16.1 Å². The lowest BCUT2D eigenvalue weighted by atomic mass is 10.2. The van der Waals surface area contributed by atoms with Crippen LogP contribution >= 0.6 is 0 Å². The molecular weight excluding hydrogens is 306 g/mol. The van der Waals surface area contributed by atoms with Gasteiger partial charge in [0.2, 0.25) is 0 Å². The van der Waals surface area contributed by atoms with Crippen LogP contribution in [0.25, 0.3) is 21.9 Å². The van der Waals surface area contributed by atoms with Crippen molar-refractivity contribution in [2.75, 3.05) is 43.7 Å². The fourth-order valence-corrected chi connectivity index (χ4v) is 3.18. The van der Waals surface area contributed by atoms with E-state index in [4.69, 9.17) is 20.2 Å². The van der Waals surface area contributed by atoms with Crippen molar-refractivity contribution < 1.29 is 9.47 Å². The van der Waals surface area contributed by atoms with Gasteiger partial charge >= 0.3 is 0 Å². The summed E-state index contributed by atoms with van der Waals surface area (Å²) in [5.41, 5.74) is 8.79. The van der Waals surface area contributed by atoms with E-state index >= 15 is 0 Å². The highest BCUT2D eigenvalue weighted by Gasteiger charge is 2.22. The SMILES string of the molecule is CCOCc1nc2c(N)nc3ccccc3c2n1N1CCOCC1. The minimum absolute atomic E-state index is 0.441. The predicted octanol–water partition coefficient (Wildman–Crippen LogP) is 1.67. The molecule has 126 valence electrons. The quantitative estimate of drug-likeness (QED) is 0.785. The Morgan fingerprint density at radius 2 is 2.00 bits per heavy atom. The van der Waals surface area contributed by atoms with Crippen molar-refractivity contribution in [1.82, 2.24) is 14.6 Å². The van der Waals surface area contributed by atoms with Crippen LogP contribution in [0.15, 0.2) is 24.3 Å². The summed E-state index contributed by atoms with van der Waals surface area (Å²) >= 11 is 0. The van der Waals surface area contributed by atoms with Crippen LogP contribution < -0.4 is 10.7 Å². The zero-order valence-electron chi connectivity index (χ0n) is 13.7. The van der Waals surface area contributed by atoms with Gasteiger partial charge in [-0.2, -0.15) is 0 Å². The smallest absolute Gasteiger partial charge is 0.154 e. The molecular formula is C17H21N5O2. The number of aromatic nitrogens is 3. The molecule has 7 nitrogen and oxygen atoms in total. The number of rotatable bonds is 4. The first-order valence-electron chi connectivity index (χ1n) is 8.26. The summed E-state index contributed by atoms with van der Waals surface area (Å²) in [5, 5.41) is 3.29. The van der Waals surface area contributed by atoms with Crippen molar-refractivity contribution in [3.8, 4) is 0 Å². The van der Waals surface area contributed by atoms with Crippen molar-refractivity contribution in [3.63, 3.8) is 0 Å². The molecule has 0 amide bonds. The summed E-state index contributed by atoms with van der Waals surface area (Å²) in [5.74, 6) is 1.30. The van der Waals surface area contributed by atoms with Gasteiger partial charge in [-0.3, -0.25) is 0 Å². The fraction of sp³-hybridized carbons (Fsp3) is 0.412. The van der Waals surface area contributed by atoms with Gasteiger partial charge in [0.05, 0.1) is 31.8 Å². The molecule has 0 spiro atoms. The molecule has 1 fully saturated rings. The van der Waals surface area contributed by atoms with Gasteiger partial charge in [0.1, 0.15) is 17.6 Å². The van der Waals surface area contributed by atoms with Crippen LogP contribution in [0.4, 0.5) is 5.82 Å². The number of ether oxygens (including phenoxy) is 2. The molecule has 1 saturated heterocycles. The number of fused-ring (bicyclic) bond motifs is 3. The highest BCUT2D eigenvalue weighted by Crippen LogP contribution is 2.29. The van der Waals surface area contributed by atoms with E-state index in [0.29, 0.717) is 32.2 Å². The highest BCUT2D eigenvalue weighted by atomic mass is 16.5. The van der Waals surface area contributed by atoms with Crippen molar-refractivity contribution in [1.29, 1.82) is 0 Å². The van der Waals surface area contributed by atoms with Gasteiger partial charge in [-0.25, -0.2) is 14.6 Å². The number of hydrogen-bond acceptors (Lipinski definition) is 6. The second-order valence-corrected chi connectivity index (χ2v) is 5.75. The van der Waals surface area contributed by atoms with Gasteiger partial charge in [0.15, 0.2) is 11.6 Å². The molecule has 0 radical (unpaired) electrons. The van der Waals surface area contributed by atoms with E-state index < -0.39 is 0 Å². The summed E-state index contributed by atoms with van der Waals surface area (Å²) in [7, 11) is 0. The minimum Gasteiger partial charge on any atom is -0.382 e. The Balaban J connectivity index is 1.99. The summed E-state index contributed by atoms with van der Waals surface area (Å²) in [4.78, 5) is 9.24. The maximum atomic E-state index is 6.19. The number of para-hydroxylation sites is 1. The average molecular weight is 327 g/mol. The van der Waals surface area contributed by atoms with E-state index in [1.807, 2.05) is 25.1 Å². The molecule has 2 N–H and O–H groups in total. The zero-order chi connectivity index (χ0) is 16.5. The number of benzene rings is 1. The largest absolute Gasteiger partial charge is 0.382 e. The normalized spacial score (nSPS) is 15.5. The first-order valence-corrected chi connectivity index (χ1v) is 8.26. The molecule has 1 aromatic carbocycles. The molecule has 4 rings (SSSR count). The molecule has 7 heteroatoms. The molecule has 0 bridgehead atoms. The number of anilines is 1. The number of nitrogen functional groups attached to an aromatic ring is 1. The molecule has 3 heterocycles. The van der Waals surface area contributed by atoms with Crippen LogP contribution in [-0.4, -0.2) is 47.6 Å². The number of morpholine rings is 1. The second-order valence-electron chi connectivity index (χ2n) is 5.75. The van der Waals surface area contributed by atoms with Crippen molar-refractivity contribution >= 4 is 27.8 Å². The first kappa shape index (κ1) is 15.2. The molecule has 24 heavy (non-hydrogen) atoms. The Hall–Kier alpha value is -2.38. The fourth-order valence-electron chi connectivity index (χ4n) is 3.18. The molecule has 1 aliphatic rings. The molecule has 0 atom stereocenters. The maximum absolute atomic E-state index is 6.19. The number of nitrogens with zero attached hydrogens (tertiary/aromatic N) is 4. The van der Waals surface area contributed by atoms with E-state index in [2.05, 4.69) is 20.7 Å². The lowest BCUT2D eigenvalue weighted by molar-refractivity contribution is 0.104. The third-order valence-electron chi connectivity index (χ3n) is 4.27. The third kappa shape index (κ3) is 2.46. The molecule has 0 saturated carbocycles. The van der Waals surface area contributed by atoms with Crippen LogP contribution in [0.1, 0.15) is 12.7 Å². The Kier molecular flexibility index (Phi) is 3.95. The summed E-state index contributed by atoms with van der Waals surface area (Å²) in [6, 6.07) is 8.02. The first-order chi connectivity index (χ1) is 11.8. The highest BCUT2D eigenvalue weighted by molar-refractivity contribution is 6.06. The second kappa shape index (κ2) is 6.26. The molecule has 2 aromatic heterocycles. The van der Waals surface area contributed by atoms with E-state index in [1.54, 1.807) is 0 Å². The van der Waals surface area contributed by atoms with E-state index in [9.17, 15) is 0 Å². The number of pyridine rings is 1. The lowest BCUT2D eigenvalue weighted by Gasteiger charge is -2.31. The van der Waals surface area contributed by atoms with Gasteiger partial charge in [-0.1, -0.05) is 18.2 Å². The molecule has 0 aliphatic carbocycles. The van der Waals surface area contributed by atoms with Crippen molar-refractivity contribution in [2.45, 2.75) is 13.5 Å². The third-order valence-corrected chi connectivity index (χ3v) is 4.27. The minimum atomic E-state index is 0.441. The van der Waals surface area contributed by atoms with Crippen molar-refractivity contribution in [3.05, 3.63) is 30.1 Å². The van der Waals surface area contributed by atoms with Gasteiger partial charge < -0.3 is 20.2 Å². The van der Waals surface area contributed by atoms with Crippen LogP contribution in [0.3, 0.4) is 0 Å². The Bertz CT molecular complexity index is 870. The molecule has 3 aromatic rings. The van der Waals surface area contributed by atoms with Crippen LogP contribution in [0.2, 0.25) is 0 Å². The number of hydrogen-bond donors (Lipinski definition) is 1.